The summed E-state index contributed by atoms with van der Waals surface area (Å²) in [6, 6.07) is 14.0. The maximum Gasteiger partial charge on any atom is 0.0665 e. The molecule has 0 unspecified atom stereocenters. The lowest BCUT2D eigenvalue weighted by atomic mass is 10.3. The van der Waals surface area contributed by atoms with Crippen molar-refractivity contribution >= 4 is 22.1 Å². The normalized spacial score (nSPS) is 14.0. The lowest BCUT2D eigenvalue weighted by Crippen LogP contribution is -2.03. The van der Waals surface area contributed by atoms with Crippen LogP contribution in [0.5, 0.6) is 0 Å². The number of aromatic nitrogens is 2. The Bertz CT molecular complexity index is 720. The van der Waals surface area contributed by atoms with Gasteiger partial charge in [-0.1, -0.05) is 24.3 Å². The lowest BCUT2D eigenvalue weighted by Gasteiger charge is -2.08. The Morgan fingerprint density at radius 1 is 1.24 bits per heavy atom. The summed E-state index contributed by atoms with van der Waals surface area (Å²) in [5, 5.41) is 6.43. The maximum absolute atomic E-state index is 12.4. The predicted octanol–water partition coefficient (Wildman–Crippen LogP) is 3.94. The molecule has 21 heavy (non-hydrogen) atoms. The molecule has 108 valence electrons. The van der Waals surface area contributed by atoms with Crippen LogP contribution in [0, 0.1) is 0 Å². The van der Waals surface area contributed by atoms with Crippen LogP contribution in [0.3, 0.4) is 0 Å². The van der Waals surface area contributed by atoms with Gasteiger partial charge in [-0.15, -0.1) is 11.3 Å². The number of nitrogens with zero attached hydrogens (tertiary/aromatic N) is 2. The molecule has 0 saturated heterocycles. The second-order valence-corrected chi connectivity index (χ2v) is 7.55. The fourth-order valence-corrected chi connectivity index (χ4v) is 4.31. The Kier molecular flexibility index (Phi) is 4.31. The average Bonchev–Trinajstić information content (AvgIpc) is 3.19. The molecule has 0 bridgehead atoms. The van der Waals surface area contributed by atoms with Gasteiger partial charge in [0.2, 0.25) is 0 Å². The molecule has 0 fully saturated rings. The summed E-state index contributed by atoms with van der Waals surface area (Å²) < 4.78 is 14.3. The van der Waals surface area contributed by atoms with E-state index >= 15 is 0 Å². The molecule has 0 N–H and O–H groups in total. The molecule has 2 aromatic heterocycles. The molecule has 0 saturated carbocycles. The number of benzene rings is 1. The van der Waals surface area contributed by atoms with Gasteiger partial charge >= 0.3 is 0 Å². The molecule has 0 radical (unpaired) electrons. The van der Waals surface area contributed by atoms with E-state index in [0.29, 0.717) is 5.75 Å². The molecular formula is C16H16N2OS2. The van der Waals surface area contributed by atoms with Crippen LogP contribution in [0.25, 0.3) is 5.69 Å². The summed E-state index contributed by atoms with van der Waals surface area (Å²) in [6.07, 6.45) is 3.75. The Balaban J connectivity index is 1.71. The smallest absolute Gasteiger partial charge is 0.0665 e. The number of rotatable bonds is 5. The molecule has 0 aliphatic rings. The van der Waals surface area contributed by atoms with Crippen molar-refractivity contribution < 1.29 is 4.21 Å². The minimum atomic E-state index is -0.931. The molecule has 3 rings (SSSR count). The van der Waals surface area contributed by atoms with Crippen LogP contribution >= 0.6 is 11.3 Å². The van der Waals surface area contributed by atoms with Gasteiger partial charge in [0, 0.05) is 27.4 Å². The Hall–Kier alpha value is -1.72. The van der Waals surface area contributed by atoms with Gasteiger partial charge < -0.3 is 0 Å². The van der Waals surface area contributed by atoms with Crippen LogP contribution in [0.15, 0.2) is 60.2 Å². The molecule has 0 aliphatic carbocycles. The first-order chi connectivity index (χ1) is 10.2. The van der Waals surface area contributed by atoms with Crippen LogP contribution in [0.2, 0.25) is 0 Å². The fraction of sp³-hybridized carbons (Fsp3) is 0.188. The predicted molar refractivity (Wildman–Crippen MR) is 88.1 cm³/mol. The van der Waals surface area contributed by atoms with Gasteiger partial charge in [0.15, 0.2) is 0 Å². The van der Waals surface area contributed by atoms with Crippen molar-refractivity contribution in [1.29, 1.82) is 0 Å². The highest BCUT2D eigenvalue weighted by molar-refractivity contribution is 7.84. The summed E-state index contributed by atoms with van der Waals surface area (Å²) >= 11 is 1.66. The van der Waals surface area contributed by atoms with Crippen molar-refractivity contribution in [2.24, 2.45) is 0 Å². The number of para-hydroxylation sites is 1. The van der Waals surface area contributed by atoms with Crippen LogP contribution in [0.4, 0.5) is 0 Å². The lowest BCUT2D eigenvalue weighted by molar-refractivity contribution is 0.676. The van der Waals surface area contributed by atoms with E-state index in [4.69, 9.17) is 0 Å². The highest BCUT2D eigenvalue weighted by Gasteiger charge is 2.15. The summed E-state index contributed by atoms with van der Waals surface area (Å²) in [5.74, 6) is 0.534. The molecule has 2 atom stereocenters. The quantitative estimate of drug-likeness (QED) is 0.714. The average molecular weight is 316 g/mol. The Morgan fingerprint density at radius 3 is 2.76 bits per heavy atom. The van der Waals surface area contributed by atoms with E-state index < -0.39 is 10.8 Å². The second kappa shape index (κ2) is 6.37. The maximum atomic E-state index is 12.4. The zero-order chi connectivity index (χ0) is 14.7. The SMILES string of the molecule is C[C@@H](c1cccs1)[S@@](=O)Cc1cnn(-c2ccccc2)c1. The van der Waals surface area contributed by atoms with E-state index in [9.17, 15) is 4.21 Å². The van der Waals surface area contributed by atoms with Crippen LogP contribution < -0.4 is 0 Å². The minimum Gasteiger partial charge on any atom is -0.259 e. The third-order valence-corrected chi connectivity index (χ3v) is 6.17. The number of hydrogen-bond acceptors (Lipinski definition) is 3. The molecule has 1 aromatic carbocycles. The summed E-state index contributed by atoms with van der Waals surface area (Å²) in [6.45, 7) is 2.02. The molecule has 3 nitrogen and oxygen atoms in total. The number of thiophene rings is 1. The molecular weight excluding hydrogens is 300 g/mol. The van der Waals surface area contributed by atoms with Crippen molar-refractivity contribution in [3.05, 3.63) is 70.7 Å². The van der Waals surface area contributed by atoms with E-state index in [0.717, 1.165) is 11.3 Å². The Morgan fingerprint density at radius 2 is 2.05 bits per heavy atom. The first-order valence-electron chi connectivity index (χ1n) is 6.73. The largest absolute Gasteiger partial charge is 0.259 e. The third-order valence-electron chi connectivity index (χ3n) is 3.30. The second-order valence-electron chi connectivity index (χ2n) is 4.81. The van der Waals surface area contributed by atoms with Crippen molar-refractivity contribution in [3.63, 3.8) is 0 Å². The molecule has 0 aliphatic heterocycles. The fourth-order valence-electron chi connectivity index (χ4n) is 2.10. The van der Waals surface area contributed by atoms with Crippen molar-refractivity contribution in [1.82, 2.24) is 9.78 Å². The monoisotopic (exact) mass is 316 g/mol. The van der Waals surface area contributed by atoms with Gasteiger partial charge in [0.05, 0.1) is 22.9 Å². The van der Waals surface area contributed by atoms with Gasteiger partial charge in [-0.25, -0.2) is 4.68 Å². The van der Waals surface area contributed by atoms with E-state index in [1.54, 1.807) is 17.5 Å². The molecule has 2 heterocycles. The standard InChI is InChI=1S/C16H16N2OS2/c1-13(16-8-5-9-20-16)21(19)12-14-10-17-18(11-14)15-6-3-2-4-7-15/h2-11,13H,12H2,1H3/t13-,21-/m0/s1. The zero-order valence-electron chi connectivity index (χ0n) is 11.7. The summed E-state index contributed by atoms with van der Waals surface area (Å²) in [7, 11) is -0.931. The van der Waals surface area contributed by atoms with Gasteiger partial charge in [-0.05, 0) is 30.5 Å². The molecule has 5 heteroatoms. The van der Waals surface area contributed by atoms with Crippen LogP contribution in [-0.2, 0) is 16.6 Å². The Labute approximate surface area is 130 Å². The topological polar surface area (TPSA) is 34.9 Å². The van der Waals surface area contributed by atoms with E-state index in [2.05, 4.69) is 5.10 Å². The van der Waals surface area contributed by atoms with Crippen LogP contribution in [-0.4, -0.2) is 14.0 Å². The molecule has 0 spiro atoms. The summed E-state index contributed by atoms with van der Waals surface area (Å²) in [4.78, 5) is 1.17. The first kappa shape index (κ1) is 14.2. The van der Waals surface area contributed by atoms with Crippen molar-refractivity contribution in [3.8, 4) is 5.69 Å². The first-order valence-corrected chi connectivity index (χ1v) is 9.00. The minimum absolute atomic E-state index is 0.0603. The summed E-state index contributed by atoms with van der Waals surface area (Å²) in [5.41, 5.74) is 2.02. The highest BCUT2D eigenvalue weighted by atomic mass is 32.2. The molecule has 0 amide bonds. The highest BCUT2D eigenvalue weighted by Crippen LogP contribution is 2.25. The van der Waals surface area contributed by atoms with E-state index in [1.165, 1.54) is 4.88 Å². The van der Waals surface area contributed by atoms with Crippen molar-refractivity contribution in [2.75, 3.05) is 0 Å². The van der Waals surface area contributed by atoms with Crippen molar-refractivity contribution in [2.45, 2.75) is 17.9 Å². The van der Waals surface area contributed by atoms with Gasteiger partial charge in [-0.2, -0.15) is 5.10 Å². The molecule has 3 aromatic rings. The van der Waals surface area contributed by atoms with Gasteiger partial charge in [-0.3, -0.25) is 4.21 Å². The van der Waals surface area contributed by atoms with Gasteiger partial charge in [0.1, 0.15) is 0 Å². The third kappa shape index (κ3) is 3.31. The van der Waals surface area contributed by atoms with Crippen LogP contribution in [0.1, 0.15) is 22.6 Å². The number of hydrogen-bond donors (Lipinski definition) is 0. The van der Waals surface area contributed by atoms with Gasteiger partial charge in [0.25, 0.3) is 0 Å². The zero-order valence-corrected chi connectivity index (χ0v) is 13.3. The van der Waals surface area contributed by atoms with E-state index in [1.807, 2.05) is 65.6 Å². The van der Waals surface area contributed by atoms with E-state index in [-0.39, 0.29) is 5.25 Å².